The summed E-state index contributed by atoms with van der Waals surface area (Å²) in [5.74, 6) is 0.371. The number of carbonyl (C=O) groups is 2. The molecule has 3 nitrogen and oxygen atoms in total. The molecule has 1 aromatic carbocycles. The Labute approximate surface area is 114 Å². The molecule has 1 rings (SSSR count). The monoisotopic (exact) mass is 260 g/mol. The molecule has 0 N–H and O–H groups in total. The molecule has 0 saturated heterocycles. The Bertz CT molecular complexity index is 435. The number of ketones is 1. The van der Waals surface area contributed by atoms with Crippen molar-refractivity contribution < 1.29 is 14.3 Å². The van der Waals surface area contributed by atoms with E-state index in [0.29, 0.717) is 17.6 Å². The van der Waals surface area contributed by atoms with Gasteiger partial charge in [-0.1, -0.05) is 38.0 Å². The SMILES string of the molecule is CCCCCC=CC(=O)c1ccccc1OCC=O. The third-order valence-electron chi connectivity index (χ3n) is 2.70. The van der Waals surface area contributed by atoms with Gasteiger partial charge < -0.3 is 4.74 Å². The van der Waals surface area contributed by atoms with Crippen molar-refractivity contribution in [1.82, 2.24) is 0 Å². The van der Waals surface area contributed by atoms with E-state index in [1.807, 2.05) is 6.08 Å². The van der Waals surface area contributed by atoms with Gasteiger partial charge in [0.2, 0.25) is 0 Å². The number of carbonyl (C=O) groups excluding carboxylic acids is 2. The van der Waals surface area contributed by atoms with Crippen LogP contribution < -0.4 is 4.74 Å². The van der Waals surface area contributed by atoms with Crippen LogP contribution in [0.15, 0.2) is 36.4 Å². The van der Waals surface area contributed by atoms with Gasteiger partial charge in [-0.15, -0.1) is 0 Å². The summed E-state index contributed by atoms with van der Waals surface area (Å²) in [6.45, 7) is 2.11. The van der Waals surface area contributed by atoms with Crippen LogP contribution in [-0.2, 0) is 4.79 Å². The van der Waals surface area contributed by atoms with E-state index in [1.54, 1.807) is 30.3 Å². The zero-order valence-corrected chi connectivity index (χ0v) is 11.3. The standard InChI is InChI=1S/C16H20O3/c1-2-3-4-5-6-10-15(18)14-9-7-8-11-16(14)19-13-12-17/h6-12H,2-5,13H2,1H3. The maximum Gasteiger partial charge on any atom is 0.189 e. The number of benzene rings is 1. The molecule has 1 aromatic rings. The first kappa shape index (κ1) is 15.2. The average molecular weight is 260 g/mol. The van der Waals surface area contributed by atoms with Crippen molar-refractivity contribution in [2.45, 2.75) is 32.6 Å². The van der Waals surface area contributed by atoms with Crippen molar-refractivity contribution in [2.24, 2.45) is 0 Å². The molecule has 19 heavy (non-hydrogen) atoms. The van der Waals surface area contributed by atoms with Crippen molar-refractivity contribution in [2.75, 3.05) is 6.61 Å². The van der Waals surface area contributed by atoms with Crippen LogP contribution in [0.25, 0.3) is 0 Å². The molecule has 0 aliphatic rings. The predicted molar refractivity (Wildman–Crippen MR) is 75.6 cm³/mol. The summed E-state index contributed by atoms with van der Waals surface area (Å²) in [4.78, 5) is 22.3. The van der Waals surface area contributed by atoms with E-state index in [-0.39, 0.29) is 12.4 Å². The highest BCUT2D eigenvalue weighted by atomic mass is 16.5. The van der Waals surface area contributed by atoms with Crippen LogP contribution in [0, 0.1) is 0 Å². The van der Waals surface area contributed by atoms with Gasteiger partial charge in [0, 0.05) is 0 Å². The number of unbranched alkanes of at least 4 members (excludes halogenated alkanes) is 3. The Hall–Kier alpha value is -1.90. The lowest BCUT2D eigenvalue weighted by Crippen LogP contribution is -2.03. The van der Waals surface area contributed by atoms with Gasteiger partial charge in [0.25, 0.3) is 0 Å². The molecule has 102 valence electrons. The zero-order chi connectivity index (χ0) is 13.9. The van der Waals surface area contributed by atoms with Crippen molar-refractivity contribution in [3.8, 4) is 5.75 Å². The van der Waals surface area contributed by atoms with Gasteiger partial charge in [0.1, 0.15) is 12.4 Å². The highest BCUT2D eigenvalue weighted by Gasteiger charge is 2.08. The van der Waals surface area contributed by atoms with Gasteiger partial charge in [0.05, 0.1) is 5.56 Å². The van der Waals surface area contributed by atoms with Gasteiger partial charge >= 0.3 is 0 Å². The number of para-hydroxylation sites is 1. The minimum absolute atomic E-state index is 0.0372. The minimum Gasteiger partial charge on any atom is -0.485 e. The molecular weight excluding hydrogens is 240 g/mol. The molecule has 0 radical (unpaired) electrons. The summed E-state index contributed by atoms with van der Waals surface area (Å²) < 4.78 is 5.23. The molecule has 0 aromatic heterocycles. The maximum atomic E-state index is 12.0. The first-order valence-corrected chi connectivity index (χ1v) is 6.66. The van der Waals surface area contributed by atoms with Gasteiger partial charge in [-0.25, -0.2) is 0 Å². The Morgan fingerprint density at radius 2 is 2.05 bits per heavy atom. The lowest BCUT2D eigenvalue weighted by molar-refractivity contribution is -0.109. The molecule has 0 heterocycles. The molecule has 0 unspecified atom stereocenters. The second-order valence-electron chi connectivity index (χ2n) is 4.24. The molecule has 0 atom stereocenters. The molecule has 0 aliphatic heterocycles. The molecule has 0 aliphatic carbocycles. The fourth-order valence-electron chi connectivity index (χ4n) is 1.71. The Morgan fingerprint density at radius 3 is 2.79 bits per heavy atom. The Balaban J connectivity index is 2.62. The minimum atomic E-state index is -0.0852. The second kappa shape index (κ2) is 9.09. The summed E-state index contributed by atoms with van der Waals surface area (Å²) in [6, 6.07) is 6.97. The van der Waals surface area contributed by atoms with Gasteiger partial charge in [0.15, 0.2) is 12.1 Å². The summed E-state index contributed by atoms with van der Waals surface area (Å²) in [5.41, 5.74) is 0.496. The fraction of sp³-hybridized carbons (Fsp3) is 0.375. The zero-order valence-electron chi connectivity index (χ0n) is 11.3. The van der Waals surface area contributed by atoms with Crippen LogP contribution in [0.5, 0.6) is 5.75 Å². The third kappa shape index (κ3) is 5.51. The fourth-order valence-corrected chi connectivity index (χ4v) is 1.71. The van der Waals surface area contributed by atoms with Crippen LogP contribution in [0.4, 0.5) is 0 Å². The van der Waals surface area contributed by atoms with Crippen molar-refractivity contribution in [3.05, 3.63) is 42.0 Å². The average Bonchev–Trinajstić information content (AvgIpc) is 2.45. The molecule has 0 saturated carbocycles. The van der Waals surface area contributed by atoms with Gasteiger partial charge in [-0.2, -0.15) is 0 Å². The maximum absolute atomic E-state index is 12.0. The third-order valence-corrected chi connectivity index (χ3v) is 2.70. The highest BCUT2D eigenvalue weighted by molar-refractivity contribution is 6.06. The first-order valence-electron chi connectivity index (χ1n) is 6.66. The smallest absolute Gasteiger partial charge is 0.189 e. The lowest BCUT2D eigenvalue weighted by Gasteiger charge is -2.06. The highest BCUT2D eigenvalue weighted by Crippen LogP contribution is 2.18. The van der Waals surface area contributed by atoms with Crippen LogP contribution >= 0.6 is 0 Å². The Morgan fingerprint density at radius 1 is 1.26 bits per heavy atom. The van der Waals surface area contributed by atoms with E-state index in [4.69, 9.17) is 4.74 Å². The number of aldehydes is 1. The molecular formula is C16H20O3. The summed E-state index contributed by atoms with van der Waals surface area (Å²) >= 11 is 0. The number of rotatable bonds is 9. The number of hydrogen-bond donors (Lipinski definition) is 0. The number of allylic oxidation sites excluding steroid dienone is 2. The Kier molecular flexibility index (Phi) is 7.25. The lowest BCUT2D eigenvalue weighted by atomic mass is 10.1. The van der Waals surface area contributed by atoms with E-state index in [2.05, 4.69) is 6.92 Å². The largest absolute Gasteiger partial charge is 0.485 e. The topological polar surface area (TPSA) is 43.4 Å². The van der Waals surface area contributed by atoms with Crippen LogP contribution in [0.3, 0.4) is 0 Å². The van der Waals surface area contributed by atoms with E-state index < -0.39 is 0 Å². The van der Waals surface area contributed by atoms with Crippen molar-refractivity contribution >= 4 is 12.1 Å². The predicted octanol–water partition coefficient (Wildman–Crippen LogP) is 3.58. The first-order chi connectivity index (χ1) is 9.29. The van der Waals surface area contributed by atoms with E-state index in [9.17, 15) is 9.59 Å². The van der Waals surface area contributed by atoms with Crippen molar-refractivity contribution in [1.29, 1.82) is 0 Å². The summed E-state index contributed by atoms with van der Waals surface area (Å²) in [5, 5.41) is 0. The van der Waals surface area contributed by atoms with E-state index in [0.717, 1.165) is 12.8 Å². The van der Waals surface area contributed by atoms with Crippen molar-refractivity contribution in [3.63, 3.8) is 0 Å². The normalized spacial score (nSPS) is 10.6. The van der Waals surface area contributed by atoms with Crippen LogP contribution in [0.2, 0.25) is 0 Å². The summed E-state index contributed by atoms with van der Waals surface area (Å²) in [7, 11) is 0. The van der Waals surface area contributed by atoms with Crippen LogP contribution in [0.1, 0.15) is 43.0 Å². The number of ether oxygens (including phenoxy) is 1. The number of hydrogen-bond acceptors (Lipinski definition) is 3. The molecule has 0 amide bonds. The molecule has 0 fully saturated rings. The van der Waals surface area contributed by atoms with Gasteiger partial charge in [-0.05, 0) is 31.1 Å². The molecule has 3 heteroatoms. The molecule has 0 spiro atoms. The van der Waals surface area contributed by atoms with E-state index >= 15 is 0 Å². The quantitative estimate of drug-likeness (QED) is 0.295. The molecule has 0 bridgehead atoms. The second-order valence-corrected chi connectivity index (χ2v) is 4.24. The van der Waals surface area contributed by atoms with Crippen LogP contribution in [-0.4, -0.2) is 18.7 Å². The van der Waals surface area contributed by atoms with E-state index in [1.165, 1.54) is 12.8 Å². The summed E-state index contributed by atoms with van der Waals surface area (Å²) in [6.07, 6.45) is 8.51. The van der Waals surface area contributed by atoms with Gasteiger partial charge in [-0.3, -0.25) is 9.59 Å².